The van der Waals surface area contributed by atoms with E-state index in [1.807, 2.05) is 36.4 Å². The minimum Gasteiger partial charge on any atom is -0.439 e. The smallest absolute Gasteiger partial charge is 0.219 e. The van der Waals surface area contributed by atoms with Gasteiger partial charge in [0.05, 0.1) is 16.9 Å². The molecule has 1 aliphatic rings. The van der Waals surface area contributed by atoms with Crippen molar-refractivity contribution in [3.05, 3.63) is 66.6 Å². The van der Waals surface area contributed by atoms with Crippen molar-refractivity contribution in [2.24, 2.45) is 5.92 Å². The van der Waals surface area contributed by atoms with E-state index in [1.165, 1.54) is 25.9 Å². The van der Waals surface area contributed by atoms with Crippen LogP contribution >= 0.6 is 0 Å². The van der Waals surface area contributed by atoms with Gasteiger partial charge in [0.25, 0.3) is 0 Å². The molecule has 6 nitrogen and oxygen atoms in total. The molecule has 0 saturated carbocycles. The minimum absolute atomic E-state index is 0.557. The topological polar surface area (TPSA) is 66.9 Å². The van der Waals surface area contributed by atoms with E-state index in [0.29, 0.717) is 5.88 Å². The molecule has 4 aromatic rings. The first-order valence-electron chi connectivity index (χ1n) is 10.5. The van der Waals surface area contributed by atoms with E-state index in [0.717, 1.165) is 46.1 Å². The normalized spacial score (nSPS) is 15.5. The summed E-state index contributed by atoms with van der Waals surface area (Å²) in [7, 11) is 0. The summed E-state index contributed by atoms with van der Waals surface area (Å²) in [4.78, 5) is 11.8. The number of ether oxygens (including phenoxy) is 1. The molecular weight excluding hydrogens is 374 g/mol. The van der Waals surface area contributed by atoms with Crippen LogP contribution in [-0.2, 0) is 6.54 Å². The van der Waals surface area contributed by atoms with Gasteiger partial charge < -0.3 is 4.74 Å². The number of fused-ring (bicyclic) bond motifs is 1. The lowest BCUT2D eigenvalue weighted by Gasteiger charge is -2.29. The minimum atomic E-state index is 0.557. The monoisotopic (exact) mass is 399 g/mol. The number of nitrogens with zero attached hydrogens (tertiary/aromatic N) is 4. The van der Waals surface area contributed by atoms with Gasteiger partial charge in [-0.3, -0.25) is 15.0 Å². The number of piperidine rings is 1. The summed E-state index contributed by atoms with van der Waals surface area (Å²) in [5.74, 6) is 2.16. The first-order valence-corrected chi connectivity index (χ1v) is 10.5. The highest BCUT2D eigenvalue weighted by Crippen LogP contribution is 2.26. The first kappa shape index (κ1) is 18.8. The van der Waals surface area contributed by atoms with Crippen LogP contribution in [0.5, 0.6) is 11.6 Å². The predicted molar refractivity (Wildman–Crippen MR) is 117 cm³/mol. The van der Waals surface area contributed by atoms with Crippen LogP contribution in [0.25, 0.3) is 22.2 Å². The van der Waals surface area contributed by atoms with Crippen molar-refractivity contribution < 1.29 is 4.74 Å². The third-order valence-electron chi connectivity index (χ3n) is 5.75. The molecule has 152 valence electrons. The molecule has 6 heteroatoms. The zero-order valence-corrected chi connectivity index (χ0v) is 17.1. The van der Waals surface area contributed by atoms with Crippen molar-refractivity contribution in [2.45, 2.75) is 26.3 Å². The van der Waals surface area contributed by atoms with Gasteiger partial charge in [-0.2, -0.15) is 5.10 Å². The maximum absolute atomic E-state index is 5.95. The molecule has 1 fully saturated rings. The van der Waals surface area contributed by atoms with Gasteiger partial charge in [-0.25, -0.2) is 4.98 Å². The molecule has 0 unspecified atom stereocenters. The zero-order valence-electron chi connectivity index (χ0n) is 17.1. The Balaban J connectivity index is 1.28. The molecule has 1 N–H and O–H groups in total. The molecular formula is C24H25N5O. The number of benzene rings is 1. The Labute approximate surface area is 175 Å². The highest BCUT2D eigenvalue weighted by molar-refractivity contribution is 5.80. The average molecular weight is 399 g/mol. The second kappa shape index (κ2) is 8.24. The average Bonchev–Trinajstić information content (AvgIpc) is 3.31. The van der Waals surface area contributed by atoms with Crippen LogP contribution in [0.15, 0.2) is 60.9 Å². The van der Waals surface area contributed by atoms with Gasteiger partial charge in [0.2, 0.25) is 5.88 Å². The Kier molecular flexibility index (Phi) is 5.15. The van der Waals surface area contributed by atoms with Gasteiger partial charge in [0.15, 0.2) is 0 Å². The highest BCUT2D eigenvalue weighted by Gasteiger charge is 2.16. The summed E-state index contributed by atoms with van der Waals surface area (Å²) in [6.45, 7) is 5.60. The maximum atomic E-state index is 5.95. The number of aromatic nitrogens is 4. The lowest BCUT2D eigenvalue weighted by atomic mass is 9.99. The van der Waals surface area contributed by atoms with Crippen molar-refractivity contribution in [2.75, 3.05) is 13.1 Å². The lowest BCUT2D eigenvalue weighted by molar-refractivity contribution is 0.183. The summed E-state index contributed by atoms with van der Waals surface area (Å²) in [6.07, 6.45) is 6.07. The summed E-state index contributed by atoms with van der Waals surface area (Å²) >= 11 is 0. The molecule has 0 atom stereocenters. The van der Waals surface area contributed by atoms with Crippen molar-refractivity contribution >= 4 is 10.9 Å². The Morgan fingerprint density at radius 1 is 1.07 bits per heavy atom. The highest BCUT2D eigenvalue weighted by atomic mass is 16.5. The Hall–Kier alpha value is -3.25. The fourth-order valence-corrected chi connectivity index (χ4v) is 3.88. The largest absolute Gasteiger partial charge is 0.439 e. The van der Waals surface area contributed by atoms with Gasteiger partial charge in [-0.15, -0.1) is 0 Å². The molecule has 0 radical (unpaired) electrons. The molecule has 5 rings (SSSR count). The number of aromatic amines is 1. The lowest BCUT2D eigenvalue weighted by Crippen LogP contribution is -2.32. The fraction of sp³-hybridized carbons (Fsp3) is 0.292. The first-order chi connectivity index (χ1) is 14.7. The zero-order chi connectivity index (χ0) is 20.3. The Morgan fingerprint density at radius 3 is 2.73 bits per heavy atom. The third kappa shape index (κ3) is 4.19. The molecule has 1 saturated heterocycles. The molecule has 30 heavy (non-hydrogen) atoms. The van der Waals surface area contributed by atoms with E-state index < -0.39 is 0 Å². The predicted octanol–water partition coefficient (Wildman–Crippen LogP) is 5.04. The fourth-order valence-electron chi connectivity index (χ4n) is 3.88. The van der Waals surface area contributed by atoms with Crippen LogP contribution in [0.2, 0.25) is 0 Å². The molecule has 0 aliphatic carbocycles. The van der Waals surface area contributed by atoms with Gasteiger partial charge in [-0.1, -0.05) is 13.0 Å². The van der Waals surface area contributed by atoms with E-state index in [1.54, 1.807) is 12.4 Å². The van der Waals surface area contributed by atoms with E-state index in [-0.39, 0.29) is 0 Å². The molecule has 0 spiro atoms. The standard InChI is InChI=1S/C24H25N5O/c1-17-9-12-29(13-10-17)16-20-4-2-18-14-21(5-6-22(18)27-20)30-24-7-3-19(15-25-24)23-8-11-26-28-23/h2-8,11,14-15,17H,9-10,12-13,16H2,1H3,(H,26,28). The molecule has 0 amide bonds. The van der Waals surface area contributed by atoms with Crippen molar-refractivity contribution in [1.29, 1.82) is 0 Å². The molecule has 4 heterocycles. The van der Waals surface area contributed by atoms with Crippen molar-refractivity contribution in [3.8, 4) is 22.9 Å². The van der Waals surface area contributed by atoms with Crippen molar-refractivity contribution in [3.63, 3.8) is 0 Å². The van der Waals surface area contributed by atoms with Crippen molar-refractivity contribution in [1.82, 2.24) is 25.1 Å². The quantitative estimate of drug-likeness (QED) is 0.509. The van der Waals surface area contributed by atoms with Crippen LogP contribution < -0.4 is 4.74 Å². The van der Waals surface area contributed by atoms with E-state index in [2.05, 4.69) is 39.1 Å². The van der Waals surface area contributed by atoms with Crippen LogP contribution in [0.4, 0.5) is 0 Å². The van der Waals surface area contributed by atoms with Crippen LogP contribution in [0.3, 0.4) is 0 Å². The third-order valence-corrected chi connectivity index (χ3v) is 5.75. The maximum Gasteiger partial charge on any atom is 0.219 e. The SMILES string of the molecule is CC1CCN(Cc2ccc3cc(Oc4ccc(-c5ccn[nH]5)cn4)ccc3n2)CC1. The van der Waals surface area contributed by atoms with Gasteiger partial charge in [0.1, 0.15) is 5.75 Å². The van der Waals surface area contributed by atoms with E-state index in [4.69, 9.17) is 9.72 Å². The number of hydrogen-bond donors (Lipinski definition) is 1. The Morgan fingerprint density at radius 2 is 1.97 bits per heavy atom. The summed E-state index contributed by atoms with van der Waals surface area (Å²) in [5, 5.41) is 7.97. The Bertz CT molecular complexity index is 1120. The number of likely N-dealkylation sites (tertiary alicyclic amines) is 1. The van der Waals surface area contributed by atoms with Gasteiger partial charge in [-0.05, 0) is 68.2 Å². The second-order valence-electron chi connectivity index (χ2n) is 8.07. The molecule has 3 aromatic heterocycles. The van der Waals surface area contributed by atoms with Gasteiger partial charge >= 0.3 is 0 Å². The molecule has 1 aromatic carbocycles. The summed E-state index contributed by atoms with van der Waals surface area (Å²) in [5.41, 5.74) is 4.02. The number of rotatable bonds is 5. The van der Waals surface area contributed by atoms with E-state index >= 15 is 0 Å². The van der Waals surface area contributed by atoms with Crippen LogP contribution in [0.1, 0.15) is 25.5 Å². The number of pyridine rings is 2. The molecule has 0 bridgehead atoms. The summed E-state index contributed by atoms with van der Waals surface area (Å²) < 4.78 is 5.95. The summed E-state index contributed by atoms with van der Waals surface area (Å²) in [6, 6.07) is 16.0. The van der Waals surface area contributed by atoms with E-state index in [9.17, 15) is 0 Å². The second-order valence-corrected chi connectivity index (χ2v) is 8.07. The van der Waals surface area contributed by atoms with Crippen LogP contribution in [-0.4, -0.2) is 38.2 Å². The number of H-pyrrole nitrogens is 1. The molecule has 1 aliphatic heterocycles. The number of hydrogen-bond acceptors (Lipinski definition) is 5. The van der Waals surface area contributed by atoms with Crippen LogP contribution in [0, 0.1) is 5.92 Å². The van der Waals surface area contributed by atoms with Gasteiger partial charge in [0, 0.05) is 36.0 Å². The number of nitrogens with one attached hydrogen (secondary N) is 1.